The molecule has 5 heteroatoms. The van der Waals surface area contributed by atoms with E-state index in [2.05, 4.69) is 15.1 Å². The minimum atomic E-state index is 0.0407. The van der Waals surface area contributed by atoms with Gasteiger partial charge in [0.25, 0.3) is 0 Å². The molecule has 1 unspecified atom stereocenters. The molecule has 5 nitrogen and oxygen atoms in total. The van der Waals surface area contributed by atoms with Crippen LogP contribution in [0.3, 0.4) is 0 Å². The smallest absolute Gasteiger partial charge is 0.234 e. The third kappa shape index (κ3) is 4.69. The van der Waals surface area contributed by atoms with Crippen LogP contribution in [0.4, 0.5) is 0 Å². The van der Waals surface area contributed by atoms with Crippen LogP contribution in [-0.4, -0.2) is 48.4 Å². The fourth-order valence-electron chi connectivity index (χ4n) is 3.04. The van der Waals surface area contributed by atoms with E-state index in [4.69, 9.17) is 4.42 Å². The Morgan fingerprint density at radius 2 is 1.79 bits per heavy atom. The van der Waals surface area contributed by atoms with Crippen molar-refractivity contribution in [1.82, 2.24) is 15.1 Å². The number of piperazine rings is 1. The number of furan rings is 1. The van der Waals surface area contributed by atoms with Crippen molar-refractivity contribution in [3.8, 4) is 0 Å². The highest BCUT2D eigenvalue weighted by Crippen LogP contribution is 2.12. The van der Waals surface area contributed by atoms with Crippen LogP contribution >= 0.6 is 0 Å². The molecule has 0 bridgehead atoms. The van der Waals surface area contributed by atoms with Gasteiger partial charge in [0.1, 0.15) is 5.76 Å². The standard InChI is InChI=1S/C19H25N3O2/c1-16(17-6-3-2-4-7-17)20-19(23)15-22-11-9-21(10-12-22)14-18-8-5-13-24-18/h2-8,13,16H,9-12,14-15H2,1H3,(H,20,23). The first-order chi connectivity index (χ1) is 11.7. The van der Waals surface area contributed by atoms with Gasteiger partial charge in [-0.2, -0.15) is 0 Å². The third-order valence-electron chi connectivity index (χ3n) is 4.47. The lowest BCUT2D eigenvalue weighted by molar-refractivity contribution is -0.123. The lowest BCUT2D eigenvalue weighted by Crippen LogP contribution is -2.49. The topological polar surface area (TPSA) is 48.7 Å². The Bertz CT molecular complexity index is 619. The number of benzene rings is 1. The molecular formula is C19H25N3O2. The van der Waals surface area contributed by atoms with Crippen molar-refractivity contribution in [3.63, 3.8) is 0 Å². The summed E-state index contributed by atoms with van der Waals surface area (Å²) in [5.41, 5.74) is 1.13. The maximum Gasteiger partial charge on any atom is 0.234 e. The summed E-state index contributed by atoms with van der Waals surface area (Å²) in [4.78, 5) is 16.8. The molecule has 1 amide bonds. The van der Waals surface area contributed by atoms with Crippen molar-refractivity contribution in [1.29, 1.82) is 0 Å². The van der Waals surface area contributed by atoms with Crippen LogP contribution in [0.25, 0.3) is 0 Å². The van der Waals surface area contributed by atoms with E-state index in [0.29, 0.717) is 6.54 Å². The highest BCUT2D eigenvalue weighted by Gasteiger charge is 2.20. The average molecular weight is 327 g/mol. The van der Waals surface area contributed by atoms with E-state index in [1.807, 2.05) is 49.4 Å². The summed E-state index contributed by atoms with van der Waals surface area (Å²) in [6.07, 6.45) is 1.71. The molecule has 0 saturated carbocycles. The number of amides is 1. The predicted molar refractivity (Wildman–Crippen MR) is 93.4 cm³/mol. The summed E-state index contributed by atoms with van der Waals surface area (Å²) in [6, 6.07) is 14.0. The van der Waals surface area contributed by atoms with Crippen LogP contribution in [0.15, 0.2) is 53.1 Å². The SMILES string of the molecule is CC(NC(=O)CN1CCN(Cc2ccco2)CC1)c1ccccc1. The average Bonchev–Trinajstić information content (AvgIpc) is 3.10. The van der Waals surface area contributed by atoms with Gasteiger partial charge < -0.3 is 9.73 Å². The molecule has 2 heterocycles. The second kappa shape index (κ2) is 8.13. The van der Waals surface area contributed by atoms with Gasteiger partial charge in [-0.25, -0.2) is 0 Å². The molecule has 1 aromatic heterocycles. The summed E-state index contributed by atoms with van der Waals surface area (Å²) in [6.45, 7) is 7.07. The van der Waals surface area contributed by atoms with Crippen LogP contribution in [0.5, 0.6) is 0 Å². The van der Waals surface area contributed by atoms with Crippen LogP contribution in [-0.2, 0) is 11.3 Å². The molecule has 1 aromatic carbocycles. The highest BCUT2D eigenvalue weighted by molar-refractivity contribution is 5.78. The zero-order valence-electron chi connectivity index (χ0n) is 14.1. The highest BCUT2D eigenvalue weighted by atomic mass is 16.3. The van der Waals surface area contributed by atoms with Crippen LogP contribution < -0.4 is 5.32 Å². The third-order valence-corrected chi connectivity index (χ3v) is 4.47. The van der Waals surface area contributed by atoms with Crippen molar-refractivity contribution in [2.24, 2.45) is 0 Å². The van der Waals surface area contributed by atoms with E-state index in [0.717, 1.165) is 44.0 Å². The Kier molecular flexibility index (Phi) is 5.67. The van der Waals surface area contributed by atoms with Crippen molar-refractivity contribution >= 4 is 5.91 Å². The molecular weight excluding hydrogens is 302 g/mol. The lowest BCUT2D eigenvalue weighted by Gasteiger charge is -2.34. The van der Waals surface area contributed by atoms with Gasteiger partial charge in [-0.05, 0) is 24.6 Å². The summed E-state index contributed by atoms with van der Waals surface area (Å²) in [5, 5.41) is 3.08. The molecule has 0 spiro atoms. The van der Waals surface area contributed by atoms with Crippen LogP contribution in [0.1, 0.15) is 24.3 Å². The molecule has 1 saturated heterocycles. The van der Waals surface area contributed by atoms with E-state index < -0.39 is 0 Å². The van der Waals surface area contributed by atoms with Gasteiger partial charge in [0.05, 0.1) is 25.4 Å². The van der Waals surface area contributed by atoms with Crippen molar-refractivity contribution < 1.29 is 9.21 Å². The largest absolute Gasteiger partial charge is 0.468 e. The van der Waals surface area contributed by atoms with Crippen molar-refractivity contribution in [2.75, 3.05) is 32.7 Å². The van der Waals surface area contributed by atoms with E-state index in [9.17, 15) is 4.79 Å². The molecule has 0 radical (unpaired) electrons. The second-order valence-electron chi connectivity index (χ2n) is 6.33. The number of carbonyl (C=O) groups excluding carboxylic acids is 1. The van der Waals surface area contributed by atoms with Gasteiger partial charge in [-0.15, -0.1) is 0 Å². The zero-order chi connectivity index (χ0) is 16.8. The van der Waals surface area contributed by atoms with Crippen molar-refractivity contribution in [2.45, 2.75) is 19.5 Å². The molecule has 1 aliphatic heterocycles. The first kappa shape index (κ1) is 16.7. The van der Waals surface area contributed by atoms with Gasteiger partial charge >= 0.3 is 0 Å². The van der Waals surface area contributed by atoms with Crippen LogP contribution in [0, 0.1) is 0 Å². The van der Waals surface area contributed by atoms with E-state index >= 15 is 0 Å². The fraction of sp³-hybridized carbons (Fsp3) is 0.421. The Labute approximate surface area is 143 Å². The molecule has 128 valence electrons. The molecule has 0 aliphatic carbocycles. The normalized spacial score (nSPS) is 17.5. The summed E-state index contributed by atoms with van der Waals surface area (Å²) in [7, 11) is 0. The monoisotopic (exact) mass is 327 g/mol. The molecule has 3 rings (SSSR count). The Morgan fingerprint density at radius 1 is 1.08 bits per heavy atom. The fourth-order valence-corrected chi connectivity index (χ4v) is 3.04. The van der Waals surface area contributed by atoms with Gasteiger partial charge in [0.2, 0.25) is 5.91 Å². The first-order valence-corrected chi connectivity index (χ1v) is 8.52. The minimum absolute atomic E-state index is 0.0407. The quantitative estimate of drug-likeness (QED) is 0.884. The molecule has 24 heavy (non-hydrogen) atoms. The maximum atomic E-state index is 12.3. The Hall–Kier alpha value is -2.11. The Morgan fingerprint density at radius 3 is 2.46 bits per heavy atom. The molecule has 1 fully saturated rings. The molecule has 1 aliphatic rings. The number of carbonyl (C=O) groups is 1. The zero-order valence-corrected chi connectivity index (χ0v) is 14.1. The van der Waals surface area contributed by atoms with Gasteiger partial charge in [-0.3, -0.25) is 14.6 Å². The Balaban J connectivity index is 1.40. The number of nitrogens with zero attached hydrogens (tertiary/aromatic N) is 2. The minimum Gasteiger partial charge on any atom is -0.468 e. The van der Waals surface area contributed by atoms with Crippen LogP contribution in [0.2, 0.25) is 0 Å². The van der Waals surface area contributed by atoms with E-state index in [1.165, 1.54) is 0 Å². The number of hydrogen-bond acceptors (Lipinski definition) is 4. The summed E-state index contributed by atoms with van der Waals surface area (Å²) >= 11 is 0. The van der Waals surface area contributed by atoms with E-state index in [-0.39, 0.29) is 11.9 Å². The van der Waals surface area contributed by atoms with Crippen molar-refractivity contribution in [3.05, 3.63) is 60.1 Å². The first-order valence-electron chi connectivity index (χ1n) is 8.52. The van der Waals surface area contributed by atoms with Gasteiger partial charge in [-0.1, -0.05) is 30.3 Å². The number of rotatable bonds is 6. The molecule has 1 N–H and O–H groups in total. The second-order valence-corrected chi connectivity index (χ2v) is 6.33. The molecule has 1 atom stereocenters. The van der Waals surface area contributed by atoms with E-state index in [1.54, 1.807) is 6.26 Å². The maximum absolute atomic E-state index is 12.3. The number of nitrogens with one attached hydrogen (secondary N) is 1. The summed E-state index contributed by atoms with van der Waals surface area (Å²) in [5.74, 6) is 1.09. The predicted octanol–water partition coefficient (Wildman–Crippen LogP) is 2.27. The molecule has 2 aromatic rings. The summed E-state index contributed by atoms with van der Waals surface area (Å²) < 4.78 is 5.39. The number of hydrogen-bond donors (Lipinski definition) is 1. The lowest BCUT2D eigenvalue weighted by atomic mass is 10.1. The van der Waals surface area contributed by atoms with Gasteiger partial charge in [0, 0.05) is 26.2 Å². The van der Waals surface area contributed by atoms with Gasteiger partial charge in [0.15, 0.2) is 0 Å².